The number of thioether (sulfide) groups is 1. The second-order valence-electron chi connectivity index (χ2n) is 7.70. The molecule has 8 heteroatoms. The van der Waals surface area contributed by atoms with Gasteiger partial charge in [0.05, 0.1) is 19.5 Å². The summed E-state index contributed by atoms with van der Waals surface area (Å²) in [5.41, 5.74) is 2.75. The number of amidine groups is 1. The fourth-order valence-corrected chi connectivity index (χ4v) is 6.19. The number of carbonyl (C=O) groups excluding carboxylic acids is 1. The van der Waals surface area contributed by atoms with E-state index in [4.69, 9.17) is 4.74 Å². The number of hydrogen-bond donors (Lipinski definition) is 1. The Morgan fingerprint density at radius 2 is 1.63 bits per heavy atom. The lowest BCUT2D eigenvalue weighted by Gasteiger charge is -2.13. The standard InChI is InChI=1S/C27H17Br3N2O2S/c28-19-8-10-20(11-9-19)31-27-32-26(33)24(35-27)14-16-12-22(29)25(23(30)13-16)34-15-18-6-3-5-17-4-1-2-7-21(17)18/h1-14H,15H2,(H,31,32,33)/b24-14-. The van der Waals surface area contributed by atoms with Crippen LogP contribution in [-0.4, -0.2) is 11.1 Å². The second kappa shape index (κ2) is 10.7. The van der Waals surface area contributed by atoms with Crippen LogP contribution in [0.15, 0.2) is 102 Å². The molecule has 0 radical (unpaired) electrons. The van der Waals surface area contributed by atoms with Gasteiger partial charge in [-0.25, -0.2) is 4.99 Å². The molecule has 0 unspecified atom stereocenters. The van der Waals surface area contributed by atoms with Gasteiger partial charge in [-0.05, 0) is 108 Å². The van der Waals surface area contributed by atoms with Crippen LogP contribution in [0.25, 0.3) is 16.8 Å². The van der Waals surface area contributed by atoms with E-state index in [-0.39, 0.29) is 5.91 Å². The van der Waals surface area contributed by atoms with Crippen LogP contribution < -0.4 is 10.1 Å². The van der Waals surface area contributed by atoms with Gasteiger partial charge in [-0.2, -0.15) is 0 Å². The zero-order valence-electron chi connectivity index (χ0n) is 18.1. The molecule has 1 amide bonds. The molecule has 1 heterocycles. The summed E-state index contributed by atoms with van der Waals surface area (Å²) in [5.74, 6) is 0.537. The molecule has 1 fully saturated rings. The van der Waals surface area contributed by atoms with E-state index in [1.54, 1.807) is 0 Å². The third kappa shape index (κ3) is 5.72. The summed E-state index contributed by atoms with van der Waals surface area (Å²) in [4.78, 5) is 17.6. The van der Waals surface area contributed by atoms with Crippen molar-refractivity contribution < 1.29 is 9.53 Å². The zero-order chi connectivity index (χ0) is 24.4. The molecule has 35 heavy (non-hydrogen) atoms. The van der Waals surface area contributed by atoms with Gasteiger partial charge in [-0.1, -0.05) is 58.4 Å². The average molecular weight is 673 g/mol. The fourth-order valence-electron chi connectivity index (χ4n) is 3.63. The maximum Gasteiger partial charge on any atom is 0.264 e. The van der Waals surface area contributed by atoms with Crippen molar-refractivity contribution in [2.24, 2.45) is 4.99 Å². The zero-order valence-corrected chi connectivity index (χ0v) is 23.7. The van der Waals surface area contributed by atoms with Gasteiger partial charge < -0.3 is 10.1 Å². The largest absolute Gasteiger partial charge is 0.487 e. The third-order valence-electron chi connectivity index (χ3n) is 5.28. The average Bonchev–Trinajstić information content (AvgIpc) is 3.18. The number of carbonyl (C=O) groups is 1. The Kier molecular flexibility index (Phi) is 7.43. The van der Waals surface area contributed by atoms with Crippen LogP contribution in [0.1, 0.15) is 11.1 Å². The topological polar surface area (TPSA) is 50.7 Å². The van der Waals surface area contributed by atoms with E-state index in [0.717, 1.165) is 30.2 Å². The molecule has 1 aliphatic rings. The Balaban J connectivity index is 1.34. The summed E-state index contributed by atoms with van der Waals surface area (Å²) in [7, 11) is 0. The third-order valence-corrected chi connectivity index (χ3v) is 7.90. The molecular weight excluding hydrogens is 656 g/mol. The molecular formula is C27H17Br3N2O2S. The minimum absolute atomic E-state index is 0.172. The molecule has 1 aliphatic heterocycles. The first kappa shape index (κ1) is 24.3. The van der Waals surface area contributed by atoms with Crippen LogP contribution in [0.3, 0.4) is 0 Å². The minimum Gasteiger partial charge on any atom is -0.487 e. The summed E-state index contributed by atoms with van der Waals surface area (Å²) >= 11 is 12.0. The molecule has 0 aliphatic carbocycles. The summed E-state index contributed by atoms with van der Waals surface area (Å²) in [6, 6.07) is 26.0. The number of halogens is 3. The van der Waals surface area contributed by atoms with E-state index in [9.17, 15) is 4.79 Å². The van der Waals surface area contributed by atoms with Crippen molar-refractivity contribution in [3.05, 3.63) is 108 Å². The van der Waals surface area contributed by atoms with Gasteiger partial charge >= 0.3 is 0 Å². The number of rotatable bonds is 5. The first-order valence-corrected chi connectivity index (χ1v) is 13.8. The lowest BCUT2D eigenvalue weighted by atomic mass is 10.1. The Morgan fingerprint density at radius 3 is 2.40 bits per heavy atom. The molecule has 4 aromatic rings. The molecule has 1 saturated heterocycles. The predicted octanol–water partition coefficient (Wildman–Crippen LogP) is 8.60. The molecule has 0 aromatic heterocycles. The number of hydrogen-bond acceptors (Lipinski definition) is 4. The van der Waals surface area contributed by atoms with Crippen molar-refractivity contribution in [2.75, 3.05) is 0 Å². The van der Waals surface area contributed by atoms with Gasteiger partial charge in [-0.15, -0.1) is 0 Å². The van der Waals surface area contributed by atoms with E-state index >= 15 is 0 Å². The predicted molar refractivity (Wildman–Crippen MR) is 155 cm³/mol. The maximum atomic E-state index is 12.5. The fraction of sp³-hybridized carbons (Fsp3) is 0.0370. The first-order valence-electron chi connectivity index (χ1n) is 10.6. The highest BCUT2D eigenvalue weighted by Gasteiger charge is 2.24. The van der Waals surface area contributed by atoms with Crippen molar-refractivity contribution >= 4 is 93.2 Å². The molecule has 1 N–H and O–H groups in total. The number of nitrogens with zero attached hydrogens (tertiary/aromatic N) is 1. The molecule has 0 atom stereocenters. The molecule has 4 nitrogen and oxygen atoms in total. The number of nitrogens with one attached hydrogen (secondary N) is 1. The van der Waals surface area contributed by atoms with E-state index in [1.807, 2.05) is 60.7 Å². The minimum atomic E-state index is -0.172. The van der Waals surface area contributed by atoms with Crippen molar-refractivity contribution in [2.45, 2.75) is 6.61 Å². The molecule has 5 rings (SSSR count). The summed E-state index contributed by atoms with van der Waals surface area (Å²) in [5, 5.41) is 5.74. The van der Waals surface area contributed by atoms with Crippen LogP contribution in [0.4, 0.5) is 5.69 Å². The molecule has 174 valence electrons. The van der Waals surface area contributed by atoms with Crippen molar-refractivity contribution in [1.82, 2.24) is 5.32 Å². The van der Waals surface area contributed by atoms with Crippen LogP contribution in [0.5, 0.6) is 5.75 Å². The Labute approximate surface area is 232 Å². The van der Waals surface area contributed by atoms with Gasteiger partial charge in [0.2, 0.25) is 0 Å². The van der Waals surface area contributed by atoms with Crippen LogP contribution in [0, 0.1) is 0 Å². The van der Waals surface area contributed by atoms with Gasteiger partial charge in [0.15, 0.2) is 5.17 Å². The molecule has 0 saturated carbocycles. The number of benzene rings is 4. The monoisotopic (exact) mass is 670 g/mol. The Hall–Kier alpha value is -2.39. The van der Waals surface area contributed by atoms with E-state index in [0.29, 0.717) is 22.4 Å². The number of amides is 1. The van der Waals surface area contributed by atoms with Gasteiger partial charge in [-0.3, -0.25) is 4.79 Å². The molecule has 4 aromatic carbocycles. The van der Waals surface area contributed by atoms with E-state index in [1.165, 1.54) is 22.5 Å². The van der Waals surface area contributed by atoms with Crippen LogP contribution in [0.2, 0.25) is 0 Å². The number of ether oxygens (including phenoxy) is 1. The van der Waals surface area contributed by atoms with Gasteiger partial charge in [0.1, 0.15) is 12.4 Å². The van der Waals surface area contributed by atoms with Crippen LogP contribution >= 0.6 is 59.6 Å². The normalized spacial score (nSPS) is 15.7. The number of aliphatic imine (C=N–C) groups is 1. The molecule has 0 spiro atoms. The summed E-state index contributed by atoms with van der Waals surface area (Å²) < 4.78 is 8.75. The lowest BCUT2D eigenvalue weighted by molar-refractivity contribution is -0.115. The smallest absolute Gasteiger partial charge is 0.264 e. The van der Waals surface area contributed by atoms with E-state index < -0.39 is 0 Å². The number of fused-ring (bicyclic) bond motifs is 1. The van der Waals surface area contributed by atoms with Crippen molar-refractivity contribution in [3.63, 3.8) is 0 Å². The first-order chi connectivity index (χ1) is 17.0. The highest BCUT2D eigenvalue weighted by Crippen LogP contribution is 2.37. The van der Waals surface area contributed by atoms with Crippen molar-refractivity contribution in [3.8, 4) is 5.75 Å². The van der Waals surface area contributed by atoms with Gasteiger partial charge in [0.25, 0.3) is 5.91 Å². The second-order valence-corrected chi connectivity index (χ2v) is 11.4. The highest BCUT2D eigenvalue weighted by atomic mass is 79.9. The Bertz CT molecular complexity index is 1470. The van der Waals surface area contributed by atoms with Gasteiger partial charge in [0, 0.05) is 4.47 Å². The SMILES string of the molecule is O=C1NC(=Nc2ccc(Br)cc2)S/C1=C\c1cc(Br)c(OCc2cccc3ccccc23)c(Br)c1. The lowest BCUT2D eigenvalue weighted by Crippen LogP contribution is -2.19. The van der Waals surface area contributed by atoms with Crippen LogP contribution in [-0.2, 0) is 11.4 Å². The van der Waals surface area contributed by atoms with Crippen molar-refractivity contribution in [1.29, 1.82) is 0 Å². The Morgan fingerprint density at radius 1 is 0.914 bits per heavy atom. The summed E-state index contributed by atoms with van der Waals surface area (Å²) in [6.07, 6.45) is 1.84. The summed E-state index contributed by atoms with van der Waals surface area (Å²) in [6.45, 7) is 0.438. The highest BCUT2D eigenvalue weighted by molar-refractivity contribution is 9.11. The van der Waals surface area contributed by atoms with E-state index in [2.05, 4.69) is 82.4 Å². The quantitative estimate of drug-likeness (QED) is 0.216. The molecule has 0 bridgehead atoms. The maximum absolute atomic E-state index is 12.5.